The Morgan fingerprint density at radius 2 is 1.91 bits per heavy atom. The first-order valence-corrected chi connectivity index (χ1v) is 11.5. The van der Waals surface area contributed by atoms with Gasteiger partial charge in [0.1, 0.15) is 5.82 Å². The molecule has 0 aliphatic carbocycles. The summed E-state index contributed by atoms with van der Waals surface area (Å²) >= 11 is 9.38. The minimum Gasteiger partial charge on any atom is -0.351 e. The number of hydrogen-bond acceptors (Lipinski definition) is 4. The summed E-state index contributed by atoms with van der Waals surface area (Å²) in [4.78, 5) is 40.4. The number of piperidine rings is 1. The fourth-order valence-corrected chi connectivity index (χ4v) is 4.24. The number of nitrogens with zero attached hydrogens (tertiary/aromatic N) is 3. The van der Waals surface area contributed by atoms with Crippen LogP contribution in [0, 0.1) is 5.92 Å². The molecule has 0 unspecified atom stereocenters. The van der Waals surface area contributed by atoms with E-state index in [4.69, 9.17) is 11.6 Å². The fraction of sp³-hybridized carbons (Fsp3) is 0.429. The van der Waals surface area contributed by atoms with Crippen LogP contribution >= 0.6 is 27.5 Å². The third kappa shape index (κ3) is 5.80. The third-order valence-electron chi connectivity index (χ3n) is 5.38. The van der Waals surface area contributed by atoms with Crippen LogP contribution in [0.25, 0.3) is 0 Å². The molecule has 0 radical (unpaired) electrons. The molecule has 2 aromatic rings. The topological polar surface area (TPSA) is 110 Å². The highest BCUT2D eigenvalue weighted by atomic mass is 79.9. The number of amides is 4. The van der Waals surface area contributed by atoms with Crippen molar-refractivity contribution in [2.75, 3.05) is 39.0 Å². The number of urea groups is 1. The number of aromatic amines is 1. The van der Waals surface area contributed by atoms with Gasteiger partial charge in [-0.2, -0.15) is 5.10 Å². The van der Waals surface area contributed by atoms with Gasteiger partial charge in [0, 0.05) is 33.7 Å². The second-order valence-electron chi connectivity index (χ2n) is 7.85. The van der Waals surface area contributed by atoms with E-state index in [1.807, 2.05) is 4.90 Å². The molecule has 1 aliphatic heterocycles. The monoisotopic (exact) mass is 524 g/mol. The molecule has 32 heavy (non-hydrogen) atoms. The molecule has 1 aromatic carbocycles. The van der Waals surface area contributed by atoms with E-state index in [0.717, 1.165) is 32.4 Å². The predicted molar refractivity (Wildman–Crippen MR) is 126 cm³/mol. The van der Waals surface area contributed by atoms with Crippen molar-refractivity contribution < 1.29 is 14.4 Å². The lowest BCUT2D eigenvalue weighted by molar-refractivity contribution is 0.0942. The molecule has 0 spiro atoms. The van der Waals surface area contributed by atoms with Crippen LogP contribution in [0.15, 0.2) is 28.7 Å². The minimum absolute atomic E-state index is 0.0394. The van der Waals surface area contributed by atoms with E-state index in [2.05, 4.69) is 36.8 Å². The van der Waals surface area contributed by atoms with Crippen molar-refractivity contribution in [3.05, 3.63) is 45.0 Å². The van der Waals surface area contributed by atoms with Crippen molar-refractivity contribution in [2.24, 2.45) is 5.92 Å². The van der Waals surface area contributed by atoms with Crippen LogP contribution in [0.4, 0.5) is 10.6 Å². The van der Waals surface area contributed by atoms with Crippen LogP contribution in [0.3, 0.4) is 0 Å². The second kappa shape index (κ2) is 10.8. The quantitative estimate of drug-likeness (QED) is 0.535. The Balaban J connectivity index is 1.47. The van der Waals surface area contributed by atoms with Gasteiger partial charge in [-0.15, -0.1) is 0 Å². The van der Waals surface area contributed by atoms with Gasteiger partial charge >= 0.3 is 6.03 Å². The second-order valence-corrected chi connectivity index (χ2v) is 9.05. The summed E-state index contributed by atoms with van der Waals surface area (Å²) in [6.45, 7) is 1.97. The number of H-pyrrole nitrogens is 1. The SMILES string of the molecule is CN(C)C(=O)N1CCC(CCNC(=O)c2n[nH]c(NC(=O)c3ccccc3Cl)c2Br)CC1. The molecule has 1 aromatic heterocycles. The highest BCUT2D eigenvalue weighted by Gasteiger charge is 2.24. The van der Waals surface area contributed by atoms with E-state index in [1.54, 1.807) is 43.3 Å². The van der Waals surface area contributed by atoms with Gasteiger partial charge in [-0.05, 0) is 53.2 Å². The number of hydrogen-bond donors (Lipinski definition) is 3. The Morgan fingerprint density at radius 3 is 2.56 bits per heavy atom. The van der Waals surface area contributed by atoms with Crippen LogP contribution in [0.5, 0.6) is 0 Å². The molecule has 0 atom stereocenters. The zero-order valence-corrected chi connectivity index (χ0v) is 20.3. The number of anilines is 1. The lowest BCUT2D eigenvalue weighted by atomic mass is 9.93. The van der Waals surface area contributed by atoms with Crippen LogP contribution in [0.1, 0.15) is 40.1 Å². The molecule has 3 rings (SSSR count). The van der Waals surface area contributed by atoms with Gasteiger partial charge in [0.05, 0.1) is 15.1 Å². The average Bonchev–Trinajstić information content (AvgIpc) is 3.14. The summed E-state index contributed by atoms with van der Waals surface area (Å²) in [5, 5.41) is 12.6. The maximum Gasteiger partial charge on any atom is 0.319 e. The van der Waals surface area contributed by atoms with E-state index in [-0.39, 0.29) is 23.5 Å². The Morgan fingerprint density at radius 1 is 1.22 bits per heavy atom. The molecular formula is C21H26BrClN6O3. The molecule has 172 valence electrons. The van der Waals surface area contributed by atoms with Gasteiger partial charge in [0.15, 0.2) is 5.69 Å². The highest BCUT2D eigenvalue weighted by Crippen LogP contribution is 2.25. The van der Waals surface area contributed by atoms with Crippen LogP contribution in [-0.4, -0.2) is 71.6 Å². The minimum atomic E-state index is -0.411. The average molecular weight is 526 g/mol. The Bertz CT molecular complexity index is 988. The lowest BCUT2D eigenvalue weighted by Gasteiger charge is -2.33. The van der Waals surface area contributed by atoms with E-state index >= 15 is 0 Å². The normalized spacial score (nSPS) is 14.2. The maximum absolute atomic E-state index is 12.5. The summed E-state index contributed by atoms with van der Waals surface area (Å²) < 4.78 is 0.367. The van der Waals surface area contributed by atoms with E-state index in [0.29, 0.717) is 27.5 Å². The van der Waals surface area contributed by atoms with Gasteiger partial charge in [0.2, 0.25) is 0 Å². The largest absolute Gasteiger partial charge is 0.351 e. The zero-order valence-electron chi connectivity index (χ0n) is 18.0. The predicted octanol–water partition coefficient (Wildman–Crippen LogP) is 3.59. The molecule has 9 nitrogen and oxygen atoms in total. The van der Waals surface area contributed by atoms with Gasteiger partial charge in [-0.3, -0.25) is 14.7 Å². The fourth-order valence-electron chi connectivity index (χ4n) is 3.56. The van der Waals surface area contributed by atoms with Crippen molar-refractivity contribution in [3.63, 3.8) is 0 Å². The van der Waals surface area contributed by atoms with Crippen molar-refractivity contribution in [1.82, 2.24) is 25.3 Å². The van der Waals surface area contributed by atoms with E-state index in [9.17, 15) is 14.4 Å². The van der Waals surface area contributed by atoms with Crippen LogP contribution < -0.4 is 10.6 Å². The molecule has 4 amide bonds. The molecular weight excluding hydrogens is 500 g/mol. The number of rotatable bonds is 6. The number of benzene rings is 1. The standard InChI is InChI=1S/C21H26BrClN6O3/c1-28(2)21(32)29-11-8-13(9-12-29)7-10-24-20(31)17-16(22)18(27-26-17)25-19(30)14-5-3-4-6-15(14)23/h3-6,13H,7-12H2,1-2H3,(H,24,31)(H2,25,26,27,30). The zero-order chi connectivity index (χ0) is 23.3. The Hall–Kier alpha value is -2.59. The maximum atomic E-state index is 12.5. The summed E-state index contributed by atoms with van der Waals surface area (Å²) in [5.74, 6) is -0.0230. The molecule has 11 heteroatoms. The third-order valence-corrected chi connectivity index (χ3v) is 6.49. The van der Waals surface area contributed by atoms with Crippen molar-refractivity contribution in [1.29, 1.82) is 0 Å². The van der Waals surface area contributed by atoms with Gasteiger partial charge in [-0.25, -0.2) is 4.79 Å². The van der Waals surface area contributed by atoms with Gasteiger partial charge in [-0.1, -0.05) is 23.7 Å². The van der Waals surface area contributed by atoms with E-state index < -0.39 is 5.91 Å². The first-order valence-electron chi connectivity index (χ1n) is 10.3. The molecule has 1 fully saturated rings. The highest BCUT2D eigenvalue weighted by molar-refractivity contribution is 9.10. The number of nitrogens with one attached hydrogen (secondary N) is 3. The number of carbonyl (C=O) groups is 3. The first kappa shape index (κ1) is 24.1. The number of likely N-dealkylation sites (tertiary alicyclic amines) is 1. The number of halogens is 2. The van der Waals surface area contributed by atoms with Crippen molar-refractivity contribution >= 4 is 51.2 Å². The molecule has 3 N–H and O–H groups in total. The van der Waals surface area contributed by atoms with E-state index in [1.165, 1.54) is 0 Å². The number of carbonyl (C=O) groups excluding carboxylic acids is 3. The summed E-state index contributed by atoms with van der Waals surface area (Å²) in [7, 11) is 3.51. The number of aromatic nitrogens is 2. The molecule has 1 aliphatic rings. The molecule has 2 heterocycles. The Kier molecular flexibility index (Phi) is 8.14. The van der Waals surface area contributed by atoms with Crippen molar-refractivity contribution in [2.45, 2.75) is 19.3 Å². The van der Waals surface area contributed by atoms with Crippen LogP contribution in [-0.2, 0) is 0 Å². The summed E-state index contributed by atoms with van der Waals surface area (Å²) in [6, 6.07) is 6.72. The van der Waals surface area contributed by atoms with Gasteiger partial charge in [0.25, 0.3) is 11.8 Å². The molecule has 0 saturated carbocycles. The smallest absolute Gasteiger partial charge is 0.319 e. The summed E-state index contributed by atoms with van der Waals surface area (Å²) in [6.07, 6.45) is 2.66. The summed E-state index contributed by atoms with van der Waals surface area (Å²) in [5.41, 5.74) is 0.478. The van der Waals surface area contributed by atoms with Crippen molar-refractivity contribution in [3.8, 4) is 0 Å². The Labute approximate surface area is 200 Å². The molecule has 0 bridgehead atoms. The van der Waals surface area contributed by atoms with Crippen LogP contribution in [0.2, 0.25) is 5.02 Å². The first-order chi connectivity index (χ1) is 15.3. The molecule has 1 saturated heterocycles. The lowest BCUT2D eigenvalue weighted by Crippen LogP contribution is -2.44. The van der Waals surface area contributed by atoms with Gasteiger partial charge < -0.3 is 20.4 Å².